The Kier molecular flexibility index (Phi) is 3.86. The maximum atomic E-state index is 12.5. The van der Waals surface area contributed by atoms with Gasteiger partial charge in [0.15, 0.2) is 5.16 Å². The molecule has 110 valence electrons. The first-order valence-corrected chi connectivity index (χ1v) is 8.32. The van der Waals surface area contributed by atoms with Crippen molar-refractivity contribution >= 4 is 39.3 Å². The molecular weight excluding hydrogens is 308 g/mol. The minimum atomic E-state index is -0.306. The zero-order valence-electron chi connectivity index (χ0n) is 11.4. The van der Waals surface area contributed by atoms with Gasteiger partial charge in [0.25, 0.3) is 5.56 Å². The minimum Gasteiger partial charge on any atom is -0.462 e. The summed E-state index contributed by atoms with van der Waals surface area (Å²) in [7, 11) is 0. The van der Waals surface area contributed by atoms with E-state index in [-0.39, 0.29) is 22.9 Å². The molecule has 3 heterocycles. The lowest BCUT2D eigenvalue weighted by Gasteiger charge is -2.11. The lowest BCUT2D eigenvalue weighted by molar-refractivity contribution is -0.140. The monoisotopic (exact) mass is 322 g/mol. The molecule has 5 nitrogen and oxygen atoms in total. The molecule has 2 aromatic heterocycles. The number of carbonyl (C=O) groups excluding carboxylic acids is 1. The third-order valence-corrected chi connectivity index (χ3v) is 5.30. The highest BCUT2D eigenvalue weighted by Gasteiger charge is 2.34. The number of aromatic nitrogens is 2. The van der Waals surface area contributed by atoms with Crippen molar-refractivity contribution in [3.63, 3.8) is 0 Å². The molecule has 0 aliphatic carbocycles. The Morgan fingerprint density at radius 1 is 1.62 bits per heavy atom. The first-order valence-electron chi connectivity index (χ1n) is 6.56. The quantitative estimate of drug-likeness (QED) is 0.491. The van der Waals surface area contributed by atoms with Gasteiger partial charge in [-0.1, -0.05) is 17.8 Å². The number of cyclic esters (lactones) is 1. The van der Waals surface area contributed by atoms with Gasteiger partial charge in [-0.15, -0.1) is 17.9 Å². The van der Waals surface area contributed by atoms with Crippen LogP contribution in [-0.2, 0) is 16.1 Å². The fraction of sp³-hybridized carbons (Fsp3) is 0.357. The molecule has 3 rings (SSSR count). The van der Waals surface area contributed by atoms with E-state index >= 15 is 0 Å². The number of hydrogen-bond donors (Lipinski definition) is 0. The van der Waals surface area contributed by atoms with E-state index in [1.165, 1.54) is 23.1 Å². The lowest BCUT2D eigenvalue weighted by Crippen LogP contribution is -2.23. The number of thiophene rings is 1. The molecule has 21 heavy (non-hydrogen) atoms. The molecular formula is C14H14N2O3S2. The Morgan fingerprint density at radius 2 is 2.43 bits per heavy atom. The largest absolute Gasteiger partial charge is 0.462 e. The molecule has 2 atom stereocenters. The Hall–Kier alpha value is -1.60. The van der Waals surface area contributed by atoms with Crippen LogP contribution in [-0.4, -0.2) is 26.9 Å². The van der Waals surface area contributed by atoms with E-state index in [2.05, 4.69) is 11.6 Å². The number of fused-ring (bicyclic) bond motifs is 1. The number of thioether (sulfide) groups is 1. The number of nitrogens with zero attached hydrogens (tertiary/aromatic N) is 2. The molecule has 1 aliphatic rings. The third-order valence-electron chi connectivity index (χ3n) is 3.22. The highest BCUT2D eigenvalue weighted by atomic mass is 32.2. The molecule has 1 fully saturated rings. The number of esters is 1. The van der Waals surface area contributed by atoms with Crippen molar-refractivity contribution in [1.82, 2.24) is 9.55 Å². The van der Waals surface area contributed by atoms with Crippen LogP contribution >= 0.6 is 23.1 Å². The fourth-order valence-corrected chi connectivity index (χ4v) is 4.23. The van der Waals surface area contributed by atoms with Crippen LogP contribution in [0.3, 0.4) is 0 Å². The van der Waals surface area contributed by atoms with Crippen LogP contribution in [0.25, 0.3) is 10.2 Å². The number of carbonyl (C=O) groups is 1. The van der Waals surface area contributed by atoms with Crippen molar-refractivity contribution in [2.75, 3.05) is 0 Å². The number of rotatable bonds is 4. The van der Waals surface area contributed by atoms with E-state index in [1.807, 2.05) is 18.4 Å². The van der Waals surface area contributed by atoms with Gasteiger partial charge in [-0.25, -0.2) is 4.98 Å². The topological polar surface area (TPSA) is 61.2 Å². The van der Waals surface area contributed by atoms with Crippen molar-refractivity contribution in [1.29, 1.82) is 0 Å². The lowest BCUT2D eigenvalue weighted by atomic mass is 10.3. The number of allylic oxidation sites excluding steroid dienone is 1. The molecule has 0 bridgehead atoms. The van der Waals surface area contributed by atoms with Crippen LogP contribution in [0.1, 0.15) is 13.3 Å². The Bertz CT molecular complexity index is 765. The standard InChI is InChI=1S/C14H14N2O3S2/c1-3-5-16-12(17)11-9(4-6-20-11)15-14(16)21-10-7-8(2)19-13(10)18/h3-4,6,8,10H,1,5,7H2,2H3. The fourth-order valence-electron chi connectivity index (χ4n) is 2.25. The summed E-state index contributed by atoms with van der Waals surface area (Å²) in [6.07, 6.45) is 2.21. The normalized spacial score (nSPS) is 21.7. The third kappa shape index (κ3) is 2.63. The van der Waals surface area contributed by atoms with E-state index in [0.717, 1.165) is 0 Å². The van der Waals surface area contributed by atoms with E-state index < -0.39 is 0 Å². The van der Waals surface area contributed by atoms with Crippen LogP contribution in [0, 0.1) is 0 Å². The van der Waals surface area contributed by atoms with Crippen molar-refractivity contribution < 1.29 is 9.53 Å². The van der Waals surface area contributed by atoms with Gasteiger partial charge < -0.3 is 4.74 Å². The average molecular weight is 322 g/mol. The predicted octanol–water partition coefficient (Wildman–Crippen LogP) is 2.44. The molecule has 0 aromatic carbocycles. The molecule has 2 unspecified atom stereocenters. The van der Waals surface area contributed by atoms with E-state index in [0.29, 0.717) is 28.3 Å². The molecule has 1 saturated heterocycles. The van der Waals surface area contributed by atoms with Gasteiger partial charge in [0, 0.05) is 13.0 Å². The van der Waals surface area contributed by atoms with Gasteiger partial charge in [-0.3, -0.25) is 14.2 Å². The molecule has 7 heteroatoms. The summed E-state index contributed by atoms with van der Waals surface area (Å²) in [5, 5.41) is 2.08. The zero-order valence-corrected chi connectivity index (χ0v) is 13.1. The molecule has 1 aliphatic heterocycles. The smallest absolute Gasteiger partial charge is 0.319 e. The van der Waals surface area contributed by atoms with Crippen LogP contribution in [0.2, 0.25) is 0 Å². The van der Waals surface area contributed by atoms with Crippen molar-refractivity contribution in [2.45, 2.75) is 36.4 Å². The van der Waals surface area contributed by atoms with Gasteiger partial charge in [0.1, 0.15) is 16.1 Å². The predicted molar refractivity (Wildman–Crippen MR) is 83.9 cm³/mol. The Balaban J connectivity index is 2.04. The number of hydrogen-bond acceptors (Lipinski definition) is 6. The average Bonchev–Trinajstić information content (AvgIpc) is 3.01. The summed E-state index contributed by atoms with van der Waals surface area (Å²) in [6.45, 7) is 5.92. The number of ether oxygens (including phenoxy) is 1. The van der Waals surface area contributed by atoms with Gasteiger partial charge in [-0.05, 0) is 18.4 Å². The second-order valence-corrected chi connectivity index (χ2v) is 6.91. The SMILES string of the molecule is C=CCn1c(SC2CC(C)OC2=O)nc2ccsc2c1=O. The molecule has 0 radical (unpaired) electrons. The van der Waals surface area contributed by atoms with E-state index in [9.17, 15) is 9.59 Å². The summed E-state index contributed by atoms with van der Waals surface area (Å²) < 4.78 is 7.35. The van der Waals surface area contributed by atoms with E-state index in [1.54, 1.807) is 10.6 Å². The maximum Gasteiger partial charge on any atom is 0.319 e. The highest BCUT2D eigenvalue weighted by Crippen LogP contribution is 2.31. The van der Waals surface area contributed by atoms with Crippen LogP contribution in [0.4, 0.5) is 0 Å². The molecule has 0 spiro atoms. The summed E-state index contributed by atoms with van der Waals surface area (Å²) in [5.41, 5.74) is 0.587. The Labute approximate surface area is 129 Å². The minimum absolute atomic E-state index is 0.0838. The molecule has 0 N–H and O–H groups in total. The van der Waals surface area contributed by atoms with Gasteiger partial charge in [-0.2, -0.15) is 0 Å². The molecule has 0 saturated carbocycles. The highest BCUT2D eigenvalue weighted by molar-refractivity contribution is 8.00. The molecule has 2 aromatic rings. The zero-order chi connectivity index (χ0) is 15.0. The summed E-state index contributed by atoms with van der Waals surface area (Å²) in [5.74, 6) is -0.239. The summed E-state index contributed by atoms with van der Waals surface area (Å²) in [6, 6.07) is 1.82. The van der Waals surface area contributed by atoms with Crippen LogP contribution in [0.15, 0.2) is 34.1 Å². The van der Waals surface area contributed by atoms with Gasteiger partial charge in [0.2, 0.25) is 0 Å². The van der Waals surface area contributed by atoms with Crippen LogP contribution in [0.5, 0.6) is 0 Å². The first-order chi connectivity index (χ1) is 10.1. The summed E-state index contributed by atoms with van der Waals surface area (Å²) in [4.78, 5) is 28.8. The van der Waals surface area contributed by atoms with Crippen molar-refractivity contribution in [3.8, 4) is 0 Å². The Morgan fingerprint density at radius 3 is 3.10 bits per heavy atom. The van der Waals surface area contributed by atoms with E-state index in [4.69, 9.17) is 4.74 Å². The molecule has 0 amide bonds. The van der Waals surface area contributed by atoms with Crippen molar-refractivity contribution in [2.24, 2.45) is 0 Å². The van der Waals surface area contributed by atoms with Gasteiger partial charge in [0.05, 0.1) is 5.52 Å². The second-order valence-electron chi connectivity index (χ2n) is 4.82. The summed E-state index contributed by atoms with van der Waals surface area (Å²) >= 11 is 2.67. The van der Waals surface area contributed by atoms with Crippen LogP contribution < -0.4 is 5.56 Å². The van der Waals surface area contributed by atoms with Crippen molar-refractivity contribution in [3.05, 3.63) is 34.5 Å². The van der Waals surface area contributed by atoms with Gasteiger partial charge >= 0.3 is 5.97 Å². The maximum absolute atomic E-state index is 12.5. The first kappa shape index (κ1) is 14.3. The second kappa shape index (κ2) is 5.65.